The van der Waals surface area contributed by atoms with E-state index in [1.807, 2.05) is 18.7 Å². The molecule has 1 N–H and O–H groups in total. The van der Waals surface area contributed by atoms with Crippen molar-refractivity contribution >= 4 is 6.03 Å². The Morgan fingerprint density at radius 3 is 2.20 bits per heavy atom. The van der Waals surface area contributed by atoms with Gasteiger partial charge in [-0.15, -0.1) is 0 Å². The number of amides is 2. The molecule has 1 aliphatic rings. The molecule has 0 aromatic rings. The highest BCUT2D eigenvalue weighted by atomic mass is 16.2. The second kappa shape index (κ2) is 5.38. The zero-order valence-electron chi connectivity index (χ0n) is 10.3. The molecule has 0 aliphatic heterocycles. The molecule has 2 amide bonds. The molecule has 0 atom stereocenters. The van der Waals surface area contributed by atoms with Gasteiger partial charge in [0.1, 0.15) is 0 Å². The Morgan fingerprint density at radius 2 is 1.73 bits per heavy atom. The van der Waals surface area contributed by atoms with Gasteiger partial charge < -0.3 is 10.2 Å². The van der Waals surface area contributed by atoms with Crippen molar-refractivity contribution < 1.29 is 4.79 Å². The van der Waals surface area contributed by atoms with Gasteiger partial charge in [0.05, 0.1) is 0 Å². The van der Waals surface area contributed by atoms with Crippen LogP contribution in [0.2, 0.25) is 0 Å². The maximum absolute atomic E-state index is 11.9. The second-order valence-corrected chi connectivity index (χ2v) is 4.72. The van der Waals surface area contributed by atoms with Gasteiger partial charge in [-0.2, -0.15) is 0 Å². The van der Waals surface area contributed by atoms with E-state index in [0.717, 1.165) is 25.9 Å². The summed E-state index contributed by atoms with van der Waals surface area (Å²) in [5.74, 6) is 0. The van der Waals surface area contributed by atoms with Crippen LogP contribution in [0.1, 0.15) is 52.9 Å². The highest BCUT2D eigenvalue weighted by molar-refractivity contribution is 5.75. The first-order chi connectivity index (χ1) is 7.11. The van der Waals surface area contributed by atoms with Crippen LogP contribution in [0, 0.1) is 0 Å². The van der Waals surface area contributed by atoms with Crippen LogP contribution >= 0.6 is 0 Å². The van der Waals surface area contributed by atoms with E-state index in [1.165, 1.54) is 19.3 Å². The van der Waals surface area contributed by atoms with Gasteiger partial charge in [0.15, 0.2) is 0 Å². The highest BCUT2D eigenvalue weighted by Gasteiger charge is 2.29. The fraction of sp³-hybridized carbons (Fsp3) is 0.917. The van der Waals surface area contributed by atoms with Crippen molar-refractivity contribution in [3.8, 4) is 0 Å². The van der Waals surface area contributed by atoms with Crippen LogP contribution in [-0.2, 0) is 0 Å². The topological polar surface area (TPSA) is 32.3 Å². The summed E-state index contributed by atoms with van der Waals surface area (Å²) in [6.07, 6.45) is 6.06. The van der Waals surface area contributed by atoms with Crippen LogP contribution in [0.3, 0.4) is 0 Å². The van der Waals surface area contributed by atoms with Crippen LogP contribution in [0.4, 0.5) is 4.79 Å². The lowest BCUT2D eigenvalue weighted by atomic mass is 9.83. The SMILES string of the molecule is CCN(CC)C(=O)NC1(C)CCCCC1. The van der Waals surface area contributed by atoms with Crippen molar-refractivity contribution in [2.45, 2.75) is 58.4 Å². The van der Waals surface area contributed by atoms with Crippen molar-refractivity contribution in [3.05, 3.63) is 0 Å². The van der Waals surface area contributed by atoms with Gasteiger partial charge in [0, 0.05) is 18.6 Å². The first-order valence-electron chi connectivity index (χ1n) is 6.18. The molecule has 1 saturated carbocycles. The molecule has 0 aromatic heterocycles. The zero-order chi connectivity index (χ0) is 11.3. The zero-order valence-corrected chi connectivity index (χ0v) is 10.3. The van der Waals surface area contributed by atoms with Crippen molar-refractivity contribution in [1.29, 1.82) is 0 Å². The average molecular weight is 212 g/mol. The molecule has 3 nitrogen and oxygen atoms in total. The number of hydrogen-bond acceptors (Lipinski definition) is 1. The van der Waals surface area contributed by atoms with E-state index in [0.29, 0.717) is 0 Å². The summed E-state index contributed by atoms with van der Waals surface area (Å²) < 4.78 is 0. The summed E-state index contributed by atoms with van der Waals surface area (Å²) >= 11 is 0. The molecule has 1 aliphatic carbocycles. The normalized spacial score (nSPS) is 19.7. The third-order valence-electron chi connectivity index (χ3n) is 3.42. The number of hydrogen-bond donors (Lipinski definition) is 1. The Hall–Kier alpha value is -0.730. The van der Waals surface area contributed by atoms with Crippen LogP contribution in [-0.4, -0.2) is 29.6 Å². The number of nitrogens with zero attached hydrogens (tertiary/aromatic N) is 1. The summed E-state index contributed by atoms with van der Waals surface area (Å²) in [6.45, 7) is 7.79. The minimum Gasteiger partial charge on any atom is -0.333 e. The summed E-state index contributed by atoms with van der Waals surface area (Å²) in [5, 5.41) is 3.18. The molecule has 1 fully saturated rings. The van der Waals surface area contributed by atoms with E-state index in [-0.39, 0.29) is 11.6 Å². The molecule has 0 saturated heterocycles. The Balaban J connectivity index is 2.48. The number of carbonyl (C=O) groups is 1. The molecular formula is C12H24N2O. The van der Waals surface area contributed by atoms with Gasteiger partial charge in [-0.25, -0.2) is 4.79 Å². The Morgan fingerprint density at radius 1 is 1.20 bits per heavy atom. The van der Waals surface area contributed by atoms with E-state index in [2.05, 4.69) is 12.2 Å². The van der Waals surface area contributed by atoms with Crippen LogP contribution < -0.4 is 5.32 Å². The van der Waals surface area contributed by atoms with Crippen molar-refractivity contribution in [1.82, 2.24) is 10.2 Å². The quantitative estimate of drug-likeness (QED) is 0.766. The maximum Gasteiger partial charge on any atom is 0.317 e. The van der Waals surface area contributed by atoms with Crippen LogP contribution in [0.15, 0.2) is 0 Å². The lowest BCUT2D eigenvalue weighted by Crippen LogP contribution is -2.52. The van der Waals surface area contributed by atoms with E-state index >= 15 is 0 Å². The summed E-state index contributed by atoms with van der Waals surface area (Å²) in [6, 6.07) is 0.101. The first kappa shape index (κ1) is 12.3. The molecule has 15 heavy (non-hydrogen) atoms. The van der Waals surface area contributed by atoms with Gasteiger partial charge in [-0.05, 0) is 33.6 Å². The van der Waals surface area contributed by atoms with Gasteiger partial charge in [-0.1, -0.05) is 19.3 Å². The average Bonchev–Trinajstić information content (AvgIpc) is 2.19. The maximum atomic E-state index is 11.9. The van der Waals surface area contributed by atoms with Gasteiger partial charge in [0.2, 0.25) is 0 Å². The van der Waals surface area contributed by atoms with Gasteiger partial charge >= 0.3 is 6.03 Å². The summed E-state index contributed by atoms with van der Waals surface area (Å²) in [7, 11) is 0. The molecule has 0 aromatic carbocycles. The fourth-order valence-corrected chi connectivity index (χ4v) is 2.31. The Labute approximate surface area is 93.2 Å². The van der Waals surface area contributed by atoms with Gasteiger partial charge in [0.25, 0.3) is 0 Å². The lowest BCUT2D eigenvalue weighted by Gasteiger charge is -2.36. The molecule has 0 unspecified atom stereocenters. The summed E-state index contributed by atoms with van der Waals surface area (Å²) in [4.78, 5) is 13.7. The number of carbonyl (C=O) groups excluding carboxylic acids is 1. The molecular weight excluding hydrogens is 188 g/mol. The van der Waals surface area contributed by atoms with Crippen molar-refractivity contribution in [2.75, 3.05) is 13.1 Å². The minimum absolute atomic E-state index is 0.0396. The molecule has 88 valence electrons. The highest BCUT2D eigenvalue weighted by Crippen LogP contribution is 2.27. The van der Waals surface area contributed by atoms with Crippen LogP contribution in [0.5, 0.6) is 0 Å². The smallest absolute Gasteiger partial charge is 0.317 e. The van der Waals surface area contributed by atoms with E-state index in [4.69, 9.17) is 0 Å². The number of urea groups is 1. The third-order valence-corrected chi connectivity index (χ3v) is 3.42. The van der Waals surface area contributed by atoms with E-state index in [1.54, 1.807) is 0 Å². The lowest BCUT2D eigenvalue weighted by molar-refractivity contribution is 0.177. The number of nitrogens with one attached hydrogen (secondary N) is 1. The largest absolute Gasteiger partial charge is 0.333 e. The third kappa shape index (κ3) is 3.40. The molecule has 0 heterocycles. The van der Waals surface area contributed by atoms with Crippen molar-refractivity contribution in [3.63, 3.8) is 0 Å². The van der Waals surface area contributed by atoms with Crippen LogP contribution in [0.25, 0.3) is 0 Å². The first-order valence-corrected chi connectivity index (χ1v) is 6.18. The second-order valence-electron chi connectivity index (χ2n) is 4.72. The molecule has 1 rings (SSSR count). The summed E-state index contributed by atoms with van der Waals surface area (Å²) in [5.41, 5.74) is 0.0396. The Kier molecular flexibility index (Phi) is 4.43. The standard InChI is InChI=1S/C12H24N2O/c1-4-14(5-2)11(15)13-12(3)9-7-6-8-10-12/h4-10H2,1-3H3,(H,13,15). The molecule has 0 spiro atoms. The molecule has 0 bridgehead atoms. The van der Waals surface area contributed by atoms with E-state index < -0.39 is 0 Å². The van der Waals surface area contributed by atoms with Gasteiger partial charge in [-0.3, -0.25) is 0 Å². The van der Waals surface area contributed by atoms with E-state index in [9.17, 15) is 4.79 Å². The molecule has 3 heteroatoms. The Bertz CT molecular complexity index is 206. The monoisotopic (exact) mass is 212 g/mol. The predicted octanol–water partition coefficient (Wildman–Crippen LogP) is 2.76. The minimum atomic E-state index is 0.0396. The van der Waals surface area contributed by atoms with Crippen molar-refractivity contribution in [2.24, 2.45) is 0 Å². The predicted molar refractivity (Wildman–Crippen MR) is 62.9 cm³/mol. The molecule has 0 radical (unpaired) electrons. The fourth-order valence-electron chi connectivity index (χ4n) is 2.31. The number of rotatable bonds is 3.